The number of hydrogen-bond acceptors (Lipinski definition) is 11. The number of amides is 4. The van der Waals surface area contributed by atoms with Gasteiger partial charge in [0.25, 0.3) is 0 Å². The normalized spacial score (nSPS) is 11.5. The van der Waals surface area contributed by atoms with Gasteiger partial charge in [-0.05, 0) is 25.0 Å². The predicted molar refractivity (Wildman–Crippen MR) is 182 cm³/mol. The van der Waals surface area contributed by atoms with Crippen LogP contribution >= 0.6 is 11.9 Å². The summed E-state index contributed by atoms with van der Waals surface area (Å²) in [4.78, 5) is 57.3. The summed E-state index contributed by atoms with van der Waals surface area (Å²) in [6.07, 6.45) is 1.29. The summed E-state index contributed by atoms with van der Waals surface area (Å²) in [5.41, 5.74) is 5.01. The molecule has 0 saturated heterocycles. The highest BCUT2D eigenvalue weighted by molar-refractivity contribution is 7.96. The number of primary amides is 1. The third kappa shape index (κ3) is 34.1. The van der Waals surface area contributed by atoms with Crippen LogP contribution in [0.5, 0.6) is 0 Å². The number of ether oxygens (including phenoxy) is 3. The van der Waals surface area contributed by atoms with Gasteiger partial charge in [-0.3, -0.25) is 14.4 Å². The van der Waals surface area contributed by atoms with Crippen LogP contribution in [0.25, 0.3) is 0 Å². The van der Waals surface area contributed by atoms with Gasteiger partial charge in [0.05, 0.1) is 13.1 Å². The quantitative estimate of drug-likeness (QED) is 0.135. The zero-order valence-corrected chi connectivity index (χ0v) is 30.9. The Morgan fingerprint density at radius 2 is 1.27 bits per heavy atom. The lowest BCUT2D eigenvalue weighted by atomic mass is 10.0. The van der Waals surface area contributed by atoms with Crippen molar-refractivity contribution in [1.82, 2.24) is 25.6 Å². The number of hydrogen-bond donors (Lipinski definition) is 5. The Morgan fingerprint density at radius 3 is 1.62 bits per heavy atom. The van der Waals surface area contributed by atoms with E-state index in [2.05, 4.69) is 26.0 Å². The second-order valence-electron chi connectivity index (χ2n) is 10.4. The second kappa shape index (κ2) is 32.8. The van der Waals surface area contributed by atoms with E-state index in [-0.39, 0.29) is 37.5 Å². The highest BCUT2D eigenvalue weighted by Crippen LogP contribution is 2.06. The number of Topliss-reactive ketones (excluding diaryl/α,β-unsaturated/α-hetero) is 1. The second-order valence-corrected chi connectivity index (χ2v) is 11.3. The first-order valence-electron chi connectivity index (χ1n) is 15.4. The van der Waals surface area contributed by atoms with Gasteiger partial charge in [0, 0.05) is 45.8 Å². The Morgan fingerprint density at radius 1 is 0.800 bits per heavy atom. The van der Waals surface area contributed by atoms with Crippen molar-refractivity contribution in [2.75, 3.05) is 59.9 Å². The highest BCUT2D eigenvalue weighted by atomic mass is 32.2. The summed E-state index contributed by atoms with van der Waals surface area (Å²) in [6.45, 7) is 20.7. The lowest BCUT2D eigenvalue weighted by Crippen LogP contribution is -2.51. The summed E-state index contributed by atoms with van der Waals surface area (Å²) in [5, 5.41) is 10.7. The number of nitrogens with zero attached hydrogens (tertiary/aromatic N) is 1. The van der Waals surface area contributed by atoms with Crippen LogP contribution in [0.3, 0.4) is 0 Å². The van der Waals surface area contributed by atoms with Crippen LogP contribution in [0.15, 0.2) is 0 Å². The fourth-order valence-corrected chi connectivity index (χ4v) is 3.11. The number of carbonyl (C=O) groups excluding carboxylic acids is 5. The minimum atomic E-state index is -0.858. The maximum atomic E-state index is 12.1. The number of alkyl carbamates (subject to hydrolysis) is 2. The molecule has 0 saturated carbocycles. The summed E-state index contributed by atoms with van der Waals surface area (Å²) < 4.78 is 16.4. The molecule has 0 aliphatic rings. The van der Waals surface area contributed by atoms with Crippen molar-refractivity contribution in [3.05, 3.63) is 0 Å². The lowest BCUT2D eigenvalue weighted by molar-refractivity contribution is -0.126. The molecule has 0 heterocycles. The minimum absolute atomic E-state index is 0.0172. The lowest BCUT2D eigenvalue weighted by Gasteiger charge is -2.22. The van der Waals surface area contributed by atoms with Crippen LogP contribution in [0.1, 0.15) is 75.7 Å². The first kappa shape index (κ1) is 49.3. The molecule has 14 nitrogen and oxygen atoms in total. The zero-order valence-electron chi connectivity index (χ0n) is 30.0. The maximum absolute atomic E-state index is 12.1. The van der Waals surface area contributed by atoms with Gasteiger partial charge in [0.2, 0.25) is 11.8 Å². The van der Waals surface area contributed by atoms with Crippen LogP contribution in [0.4, 0.5) is 9.59 Å². The fraction of sp³-hybridized carbons (Fsp3) is 0.833. The molecule has 2 unspecified atom stereocenters. The van der Waals surface area contributed by atoms with Gasteiger partial charge in [-0.25, -0.2) is 13.9 Å². The third-order valence-electron chi connectivity index (χ3n) is 5.51. The van der Waals surface area contributed by atoms with Crippen molar-refractivity contribution >= 4 is 41.7 Å². The molecule has 0 aromatic carbocycles. The fourth-order valence-electron chi connectivity index (χ4n) is 2.60. The molecule has 0 aromatic heterocycles. The van der Waals surface area contributed by atoms with Crippen molar-refractivity contribution in [3.63, 3.8) is 0 Å². The van der Waals surface area contributed by atoms with Gasteiger partial charge in [-0.15, -0.1) is 0 Å². The van der Waals surface area contributed by atoms with Crippen LogP contribution in [0.2, 0.25) is 0 Å². The van der Waals surface area contributed by atoms with E-state index in [0.717, 1.165) is 0 Å². The van der Waals surface area contributed by atoms with Crippen molar-refractivity contribution in [2.24, 2.45) is 17.6 Å². The summed E-state index contributed by atoms with van der Waals surface area (Å²) in [5.74, 6) is -0.818. The van der Waals surface area contributed by atoms with Gasteiger partial charge >= 0.3 is 12.2 Å². The Balaban J connectivity index is -0.000000499. The molecule has 0 aromatic rings. The van der Waals surface area contributed by atoms with E-state index in [1.54, 1.807) is 28.1 Å². The number of rotatable bonds is 18. The smallest absolute Gasteiger partial charge is 0.407 e. The van der Waals surface area contributed by atoms with E-state index < -0.39 is 30.0 Å². The van der Waals surface area contributed by atoms with Crippen molar-refractivity contribution in [1.29, 1.82) is 0 Å². The van der Waals surface area contributed by atoms with Crippen LogP contribution in [0, 0.1) is 11.8 Å². The first-order chi connectivity index (χ1) is 21.0. The number of nitrogens with two attached hydrogens (primary N) is 1. The summed E-state index contributed by atoms with van der Waals surface area (Å²) >= 11 is 1.43. The molecule has 0 fully saturated rings. The molecule has 4 amide bonds. The summed E-state index contributed by atoms with van der Waals surface area (Å²) in [7, 11) is 3.25. The van der Waals surface area contributed by atoms with Crippen molar-refractivity contribution in [2.45, 2.75) is 93.8 Å². The maximum Gasteiger partial charge on any atom is 0.407 e. The van der Waals surface area contributed by atoms with Crippen molar-refractivity contribution in [3.8, 4) is 0 Å². The average molecular weight is 669 g/mol. The van der Waals surface area contributed by atoms with Gasteiger partial charge in [0.15, 0.2) is 0 Å². The minimum Gasteiger partial charge on any atom is -0.448 e. The molecule has 6 N–H and O–H groups in total. The monoisotopic (exact) mass is 668 g/mol. The van der Waals surface area contributed by atoms with Gasteiger partial charge in [0.1, 0.15) is 25.0 Å². The number of carbonyl (C=O) groups is 5. The topological polar surface area (TPSA) is 190 Å². The standard InChI is InChI=1S/C19H37N5O6S.C7H15NO.C2H6O.C2H6/c1-12(2)14(5)22-18(27)29-9-7-24(31-6)8-10-30-19(28)23-16(13(3)4)17(26)21-11-15(20)25;1-4-7(9)5-8-6(2)3;1-3-2;1-2/h12-14,16H,7-11H2,1-6H3,(H2,20,25)(H,21,26)(H,22,27)(H,23,28);6,8H,4-5H2,1-3H3;1-2H3;1-2H3. The van der Waals surface area contributed by atoms with E-state index in [1.807, 2.05) is 66.0 Å². The Bertz CT molecular complexity index is 788. The van der Waals surface area contributed by atoms with E-state index in [0.29, 0.717) is 38.0 Å². The molecular formula is C30H64N6O8S. The van der Waals surface area contributed by atoms with E-state index in [9.17, 15) is 24.0 Å². The number of nitrogens with one attached hydrogen (secondary N) is 4. The number of ketones is 1. The predicted octanol–water partition coefficient (Wildman–Crippen LogP) is 2.94. The van der Waals surface area contributed by atoms with Gasteiger partial charge in [-0.1, -0.05) is 74.3 Å². The Labute approximate surface area is 276 Å². The molecule has 45 heavy (non-hydrogen) atoms. The molecular weight excluding hydrogens is 604 g/mol. The van der Waals surface area contributed by atoms with Crippen molar-refractivity contribution < 1.29 is 38.2 Å². The number of methoxy groups -OCH3 is 1. The zero-order chi connectivity index (χ0) is 36.0. The highest BCUT2D eigenvalue weighted by Gasteiger charge is 2.25. The van der Waals surface area contributed by atoms with Crippen LogP contribution < -0.4 is 27.0 Å². The molecule has 0 aliphatic carbocycles. The Kier molecular flexibility index (Phi) is 35.9. The average Bonchev–Trinajstić information content (AvgIpc) is 2.97. The van der Waals surface area contributed by atoms with E-state index in [1.165, 1.54) is 11.9 Å². The first-order valence-corrected chi connectivity index (χ1v) is 16.6. The molecule has 0 radical (unpaired) electrons. The SMILES string of the molecule is CC.CCC(=O)CNC(C)C.COC.CSN(CCOC(=O)NC(C)C(C)C)CCOC(=O)NC(C(=O)NCC(N)=O)C(C)C. The molecule has 0 spiro atoms. The molecule has 0 rings (SSSR count). The van der Waals surface area contributed by atoms with E-state index >= 15 is 0 Å². The Hall–Kier alpha value is -2.62. The summed E-state index contributed by atoms with van der Waals surface area (Å²) in [6, 6.07) is -0.423. The molecule has 268 valence electrons. The van der Waals surface area contributed by atoms with Gasteiger partial charge in [-0.2, -0.15) is 0 Å². The largest absolute Gasteiger partial charge is 0.448 e. The molecule has 0 bridgehead atoms. The van der Waals surface area contributed by atoms with E-state index in [4.69, 9.17) is 15.2 Å². The van der Waals surface area contributed by atoms with Crippen LogP contribution in [-0.2, 0) is 28.6 Å². The van der Waals surface area contributed by atoms with Gasteiger partial charge < -0.3 is 41.2 Å². The molecule has 15 heteroatoms. The van der Waals surface area contributed by atoms with Crippen LogP contribution in [-0.4, -0.2) is 112 Å². The third-order valence-corrected chi connectivity index (χ3v) is 6.39. The molecule has 0 aliphatic heterocycles. The molecule has 2 atom stereocenters.